The zero-order chi connectivity index (χ0) is 40.6. The Labute approximate surface area is 356 Å². The van der Waals surface area contributed by atoms with Gasteiger partial charge in [-0.2, -0.15) is 0 Å². The van der Waals surface area contributed by atoms with Crippen molar-refractivity contribution < 1.29 is 0 Å². The molecule has 0 N–H and O–H groups in total. The van der Waals surface area contributed by atoms with Crippen LogP contribution in [-0.2, 0) is 5.41 Å². The second kappa shape index (κ2) is 15.3. The minimum atomic E-state index is -0.550. The number of rotatable bonds is 9. The molecule has 1 aromatic heterocycles. The van der Waals surface area contributed by atoms with Crippen molar-refractivity contribution in [1.82, 2.24) is 4.57 Å². The van der Waals surface area contributed by atoms with Gasteiger partial charge >= 0.3 is 0 Å². The number of hydrogen-bond acceptors (Lipinski definition) is 1. The third-order valence-corrected chi connectivity index (χ3v) is 12.3. The summed E-state index contributed by atoms with van der Waals surface area (Å²) in [6.45, 7) is 0. The molecular formula is C59H42N2. The van der Waals surface area contributed by atoms with Gasteiger partial charge in [0.05, 0.1) is 22.1 Å². The molecule has 0 spiro atoms. The molecule has 0 aliphatic heterocycles. The van der Waals surface area contributed by atoms with E-state index in [1.165, 1.54) is 54.9 Å². The molecule has 0 radical (unpaired) electrons. The third kappa shape index (κ3) is 6.20. The smallest absolute Gasteiger partial charge is 0.0701 e. The first-order valence-corrected chi connectivity index (χ1v) is 21.0. The largest absolute Gasteiger partial charge is 0.310 e. The Bertz CT molecular complexity index is 3180. The summed E-state index contributed by atoms with van der Waals surface area (Å²) in [4.78, 5) is 2.44. The van der Waals surface area contributed by atoms with Gasteiger partial charge in [-0.1, -0.05) is 200 Å². The molecule has 2 heteroatoms. The molecular weight excluding hydrogens is 737 g/mol. The van der Waals surface area contributed by atoms with E-state index in [4.69, 9.17) is 0 Å². The molecule has 10 aromatic carbocycles. The van der Waals surface area contributed by atoms with Crippen molar-refractivity contribution >= 4 is 49.6 Å². The van der Waals surface area contributed by atoms with Crippen LogP contribution >= 0.6 is 0 Å². The first-order chi connectivity index (χ1) is 30.3. The Hall–Kier alpha value is -7.94. The van der Waals surface area contributed by atoms with Crippen LogP contribution in [0.15, 0.2) is 255 Å². The highest BCUT2D eigenvalue weighted by Crippen LogP contribution is 2.48. The van der Waals surface area contributed by atoms with Crippen LogP contribution in [0.25, 0.3) is 49.4 Å². The topological polar surface area (TPSA) is 8.17 Å². The van der Waals surface area contributed by atoms with E-state index in [2.05, 4.69) is 264 Å². The molecule has 0 saturated carbocycles. The summed E-state index contributed by atoms with van der Waals surface area (Å²) in [6.07, 6.45) is 0. The SMILES string of the molecule is c1ccc(-n2c3ccccc3c3ccc(N(c4ccc(C(c5ccccc5)(c5ccccc5)c5ccccc5)cc4)c4ccccc4-c4ccc5ccccc5c4)cc32)cc1. The van der Waals surface area contributed by atoms with Crippen molar-refractivity contribution in [3.8, 4) is 16.8 Å². The lowest BCUT2D eigenvalue weighted by atomic mass is 9.65. The molecule has 0 aliphatic carbocycles. The van der Waals surface area contributed by atoms with E-state index in [0.29, 0.717) is 0 Å². The number of fused-ring (bicyclic) bond motifs is 4. The van der Waals surface area contributed by atoms with Gasteiger partial charge in [0.25, 0.3) is 0 Å². The summed E-state index contributed by atoms with van der Waals surface area (Å²) in [5, 5.41) is 4.91. The Morgan fingerprint density at radius 2 is 0.836 bits per heavy atom. The molecule has 1 heterocycles. The van der Waals surface area contributed by atoms with Gasteiger partial charge in [-0.3, -0.25) is 0 Å². The average molecular weight is 779 g/mol. The van der Waals surface area contributed by atoms with Gasteiger partial charge < -0.3 is 9.47 Å². The summed E-state index contributed by atoms with van der Waals surface area (Å²) in [7, 11) is 0. The van der Waals surface area contributed by atoms with E-state index in [0.717, 1.165) is 33.8 Å². The minimum Gasteiger partial charge on any atom is -0.310 e. The molecule has 0 atom stereocenters. The summed E-state index contributed by atoms with van der Waals surface area (Å²) in [5.41, 5.74) is 13.4. The summed E-state index contributed by atoms with van der Waals surface area (Å²) < 4.78 is 2.40. The third-order valence-electron chi connectivity index (χ3n) is 12.3. The standard InChI is InChI=1S/C59H42N2/c1-5-21-46(22-6-1)59(47-23-7-2-8-24-47,48-25-9-3-10-26-48)49-35-37-51(38-36-49)60(56-31-17-15-29-53(56)45-34-33-43-19-13-14-20-44(43)41-45)52-39-40-55-54-30-16-18-32-57(54)61(58(55)42-52)50-27-11-4-12-28-50/h1-42H. The molecule has 288 valence electrons. The fourth-order valence-corrected chi connectivity index (χ4v) is 9.58. The maximum absolute atomic E-state index is 2.44. The number of nitrogens with zero attached hydrogens (tertiary/aromatic N) is 2. The van der Waals surface area contributed by atoms with E-state index in [1.807, 2.05) is 0 Å². The van der Waals surface area contributed by atoms with E-state index < -0.39 is 5.41 Å². The van der Waals surface area contributed by atoms with Crippen LogP contribution in [0.1, 0.15) is 22.3 Å². The number of anilines is 3. The highest BCUT2D eigenvalue weighted by Gasteiger charge is 2.38. The van der Waals surface area contributed by atoms with Crippen LogP contribution in [0.3, 0.4) is 0 Å². The molecule has 0 amide bonds. The monoisotopic (exact) mass is 778 g/mol. The number of hydrogen-bond donors (Lipinski definition) is 0. The van der Waals surface area contributed by atoms with Crippen molar-refractivity contribution in [3.63, 3.8) is 0 Å². The summed E-state index contributed by atoms with van der Waals surface area (Å²) in [6, 6.07) is 92.8. The minimum absolute atomic E-state index is 0.550. The molecule has 61 heavy (non-hydrogen) atoms. The predicted octanol–water partition coefficient (Wildman–Crippen LogP) is 15.5. The second-order valence-corrected chi connectivity index (χ2v) is 15.7. The normalized spacial score (nSPS) is 11.6. The summed E-state index contributed by atoms with van der Waals surface area (Å²) in [5.74, 6) is 0. The first kappa shape index (κ1) is 36.2. The van der Waals surface area contributed by atoms with Crippen LogP contribution in [-0.4, -0.2) is 4.57 Å². The lowest BCUT2D eigenvalue weighted by Crippen LogP contribution is -2.31. The highest BCUT2D eigenvalue weighted by atomic mass is 15.1. The molecule has 11 rings (SSSR count). The predicted molar refractivity (Wildman–Crippen MR) is 257 cm³/mol. The average Bonchev–Trinajstić information content (AvgIpc) is 3.67. The number of benzene rings is 10. The number of para-hydroxylation sites is 3. The van der Waals surface area contributed by atoms with E-state index in [9.17, 15) is 0 Å². The van der Waals surface area contributed by atoms with Gasteiger partial charge in [-0.15, -0.1) is 0 Å². The van der Waals surface area contributed by atoms with Crippen LogP contribution in [0.4, 0.5) is 17.1 Å². The van der Waals surface area contributed by atoms with Gasteiger partial charge in [0.2, 0.25) is 0 Å². The Balaban J connectivity index is 1.16. The highest BCUT2D eigenvalue weighted by molar-refractivity contribution is 6.10. The zero-order valence-electron chi connectivity index (χ0n) is 33.6. The molecule has 11 aromatic rings. The maximum atomic E-state index is 2.44. The quantitative estimate of drug-likeness (QED) is 0.133. The Morgan fingerprint density at radius 3 is 1.51 bits per heavy atom. The molecule has 2 nitrogen and oxygen atoms in total. The second-order valence-electron chi connectivity index (χ2n) is 15.7. The first-order valence-electron chi connectivity index (χ1n) is 21.0. The molecule has 0 aliphatic rings. The van der Waals surface area contributed by atoms with Crippen molar-refractivity contribution in [2.45, 2.75) is 5.41 Å². The molecule has 0 unspecified atom stereocenters. The lowest BCUT2D eigenvalue weighted by molar-refractivity contribution is 0.745. The van der Waals surface area contributed by atoms with Crippen LogP contribution in [0.2, 0.25) is 0 Å². The Kier molecular flexibility index (Phi) is 9.09. The van der Waals surface area contributed by atoms with Crippen LogP contribution < -0.4 is 4.90 Å². The fourth-order valence-electron chi connectivity index (χ4n) is 9.58. The van der Waals surface area contributed by atoms with Crippen LogP contribution in [0, 0.1) is 0 Å². The fraction of sp³-hybridized carbons (Fsp3) is 0.0169. The number of aromatic nitrogens is 1. The van der Waals surface area contributed by atoms with Crippen molar-refractivity contribution in [1.29, 1.82) is 0 Å². The van der Waals surface area contributed by atoms with Gasteiger partial charge in [-0.25, -0.2) is 0 Å². The van der Waals surface area contributed by atoms with Crippen molar-refractivity contribution in [3.05, 3.63) is 277 Å². The van der Waals surface area contributed by atoms with Gasteiger partial charge in [0.1, 0.15) is 0 Å². The van der Waals surface area contributed by atoms with Gasteiger partial charge in [0, 0.05) is 33.4 Å². The summed E-state index contributed by atoms with van der Waals surface area (Å²) >= 11 is 0. The molecule has 0 fully saturated rings. The van der Waals surface area contributed by atoms with E-state index in [1.54, 1.807) is 0 Å². The lowest BCUT2D eigenvalue weighted by Gasteiger charge is -2.37. The maximum Gasteiger partial charge on any atom is 0.0701 e. The van der Waals surface area contributed by atoms with E-state index in [-0.39, 0.29) is 0 Å². The van der Waals surface area contributed by atoms with Gasteiger partial charge in [-0.05, 0) is 93.2 Å². The zero-order valence-corrected chi connectivity index (χ0v) is 33.6. The van der Waals surface area contributed by atoms with E-state index >= 15 is 0 Å². The molecule has 0 bridgehead atoms. The van der Waals surface area contributed by atoms with Gasteiger partial charge in [0.15, 0.2) is 0 Å². The van der Waals surface area contributed by atoms with Crippen LogP contribution in [0.5, 0.6) is 0 Å². The van der Waals surface area contributed by atoms with Crippen molar-refractivity contribution in [2.24, 2.45) is 0 Å². The Morgan fingerprint density at radius 1 is 0.328 bits per heavy atom. The van der Waals surface area contributed by atoms with Crippen molar-refractivity contribution in [2.75, 3.05) is 4.90 Å². The molecule has 0 saturated heterocycles.